The number of nitrogens with one attached hydrogen (secondary N) is 2. The number of carbonyl (C=O) groups excluding carboxylic acids is 1. The number of para-hydroxylation sites is 2. The molecule has 1 amide bonds. The summed E-state index contributed by atoms with van der Waals surface area (Å²) in [7, 11) is 0. The number of hydrogen-bond donors (Lipinski definition) is 2. The Morgan fingerprint density at radius 1 is 1.05 bits per heavy atom. The van der Waals surface area contributed by atoms with Gasteiger partial charge >= 0.3 is 5.69 Å². The lowest BCUT2D eigenvalue weighted by molar-refractivity contribution is 0.0919. The van der Waals surface area contributed by atoms with Gasteiger partial charge in [-0.15, -0.1) is 0 Å². The highest BCUT2D eigenvalue weighted by Crippen LogP contribution is 2.28. The van der Waals surface area contributed by atoms with E-state index in [1.54, 1.807) is 23.0 Å². The summed E-state index contributed by atoms with van der Waals surface area (Å²) < 4.78 is 9.32. The Balaban J connectivity index is 1.13. The molecule has 4 heterocycles. The molecule has 3 aromatic heterocycles. The Morgan fingerprint density at radius 3 is 2.59 bits per heavy atom. The monoisotopic (exact) mass is 574 g/mol. The standard InChI is InChI=1S/C31H35ClN6O3/c1-20-26(15-22(32)16-33-20)30(39)36-23-10-8-21(9-11-23)19-37-27-6-2-3-7-28(27)38(31(37)40)24-12-13-29(34-17-24)35-18-25-5-4-14-41-25/h2-3,6-7,12-13,15-17,21,23,25H,4-5,8-11,14,18-19H2,1H3,(H,34,35)(H,36,39)/t21-,23-,25-/m1/s1. The highest BCUT2D eigenvalue weighted by atomic mass is 35.5. The molecule has 2 N–H and O–H groups in total. The summed E-state index contributed by atoms with van der Waals surface area (Å²) in [5.74, 6) is 0.978. The summed E-state index contributed by atoms with van der Waals surface area (Å²) in [6.45, 7) is 4.00. The summed E-state index contributed by atoms with van der Waals surface area (Å²) in [5.41, 5.74) is 3.64. The number of pyridine rings is 2. The van der Waals surface area contributed by atoms with E-state index >= 15 is 0 Å². The van der Waals surface area contributed by atoms with Gasteiger partial charge in [0.25, 0.3) is 5.91 Å². The molecule has 0 spiro atoms. The molecule has 0 radical (unpaired) electrons. The van der Waals surface area contributed by atoms with E-state index in [1.807, 2.05) is 47.9 Å². The Hall–Kier alpha value is -3.69. The van der Waals surface area contributed by atoms with Gasteiger partial charge in [0.2, 0.25) is 0 Å². The minimum atomic E-state index is -0.137. The van der Waals surface area contributed by atoms with Crippen molar-refractivity contribution < 1.29 is 9.53 Å². The third-order valence-corrected chi connectivity index (χ3v) is 8.50. The first-order chi connectivity index (χ1) is 20.0. The van der Waals surface area contributed by atoms with Gasteiger partial charge < -0.3 is 15.4 Å². The number of fused-ring (bicyclic) bond motifs is 1. The second kappa shape index (κ2) is 12.0. The van der Waals surface area contributed by atoms with Crippen molar-refractivity contribution in [1.29, 1.82) is 0 Å². The fourth-order valence-electron chi connectivity index (χ4n) is 6.03. The van der Waals surface area contributed by atoms with Gasteiger partial charge in [0.1, 0.15) is 5.82 Å². The van der Waals surface area contributed by atoms with Crippen LogP contribution in [0.3, 0.4) is 0 Å². The first kappa shape index (κ1) is 27.5. The Kier molecular flexibility index (Phi) is 8.07. The lowest BCUT2D eigenvalue weighted by Crippen LogP contribution is -2.39. The molecule has 6 rings (SSSR count). The Bertz CT molecular complexity index is 1580. The summed E-state index contributed by atoms with van der Waals surface area (Å²) in [5, 5.41) is 6.95. The number of ether oxygens (including phenoxy) is 1. The van der Waals surface area contributed by atoms with Crippen molar-refractivity contribution in [2.24, 2.45) is 5.92 Å². The number of aryl methyl sites for hydroxylation is 1. The van der Waals surface area contributed by atoms with Crippen LogP contribution >= 0.6 is 11.6 Å². The van der Waals surface area contributed by atoms with Crippen molar-refractivity contribution >= 4 is 34.4 Å². The lowest BCUT2D eigenvalue weighted by atomic mass is 9.85. The number of carbonyl (C=O) groups is 1. The van der Waals surface area contributed by atoms with Gasteiger partial charge in [-0.3, -0.25) is 18.9 Å². The quantitative estimate of drug-likeness (QED) is 0.303. The zero-order valence-electron chi connectivity index (χ0n) is 23.2. The number of benzene rings is 1. The van der Waals surface area contributed by atoms with Gasteiger partial charge in [0.15, 0.2) is 0 Å². The van der Waals surface area contributed by atoms with E-state index in [4.69, 9.17) is 16.3 Å². The third kappa shape index (κ3) is 6.01. The lowest BCUT2D eigenvalue weighted by Gasteiger charge is -2.29. The largest absolute Gasteiger partial charge is 0.376 e. The topological polar surface area (TPSA) is 103 Å². The normalized spacial score (nSPS) is 20.8. The number of nitrogens with zero attached hydrogens (tertiary/aromatic N) is 4. The number of amides is 1. The minimum Gasteiger partial charge on any atom is -0.376 e. The third-order valence-electron chi connectivity index (χ3n) is 8.30. The van der Waals surface area contributed by atoms with Crippen LogP contribution < -0.4 is 16.3 Å². The molecule has 1 saturated carbocycles. The number of aromatic nitrogens is 4. The molecular formula is C31H35ClN6O3. The number of rotatable bonds is 8. The first-order valence-electron chi connectivity index (χ1n) is 14.4. The van der Waals surface area contributed by atoms with Crippen LogP contribution in [-0.4, -0.2) is 50.3 Å². The van der Waals surface area contributed by atoms with Crippen LogP contribution in [0.1, 0.15) is 54.6 Å². The molecule has 1 aromatic carbocycles. The van der Waals surface area contributed by atoms with Crippen molar-refractivity contribution in [1.82, 2.24) is 24.4 Å². The van der Waals surface area contributed by atoms with Crippen LogP contribution in [0.5, 0.6) is 0 Å². The summed E-state index contributed by atoms with van der Waals surface area (Å²) in [6.07, 6.45) is 9.28. The van der Waals surface area contributed by atoms with Crippen LogP contribution in [0.2, 0.25) is 5.02 Å². The van der Waals surface area contributed by atoms with E-state index in [0.29, 0.717) is 28.7 Å². The maximum Gasteiger partial charge on any atom is 0.333 e. The minimum absolute atomic E-state index is 0.0626. The number of anilines is 1. The van der Waals surface area contributed by atoms with E-state index in [2.05, 4.69) is 20.6 Å². The molecule has 2 aliphatic rings. The molecular weight excluding hydrogens is 540 g/mol. The van der Waals surface area contributed by atoms with Gasteiger partial charge in [-0.05, 0) is 81.7 Å². The van der Waals surface area contributed by atoms with E-state index in [0.717, 1.165) is 74.2 Å². The molecule has 4 aromatic rings. The predicted octanol–water partition coefficient (Wildman–Crippen LogP) is 5.12. The summed E-state index contributed by atoms with van der Waals surface area (Å²) in [4.78, 5) is 35.4. The molecule has 10 heteroatoms. The average Bonchev–Trinajstić information content (AvgIpc) is 3.61. The molecule has 9 nitrogen and oxygen atoms in total. The molecule has 0 bridgehead atoms. The van der Waals surface area contributed by atoms with Crippen molar-refractivity contribution in [2.75, 3.05) is 18.5 Å². The average molecular weight is 575 g/mol. The first-order valence-corrected chi connectivity index (χ1v) is 14.8. The van der Waals surface area contributed by atoms with Gasteiger partial charge in [0, 0.05) is 31.9 Å². The van der Waals surface area contributed by atoms with Gasteiger partial charge in [-0.1, -0.05) is 23.7 Å². The molecule has 1 aliphatic carbocycles. The zero-order valence-corrected chi connectivity index (χ0v) is 23.9. The Labute approximate surface area is 243 Å². The van der Waals surface area contributed by atoms with Gasteiger partial charge in [0.05, 0.1) is 45.3 Å². The smallest absolute Gasteiger partial charge is 0.333 e. The molecule has 41 heavy (non-hydrogen) atoms. The van der Waals surface area contributed by atoms with E-state index < -0.39 is 0 Å². The van der Waals surface area contributed by atoms with Gasteiger partial charge in [-0.2, -0.15) is 0 Å². The molecule has 1 aliphatic heterocycles. The maximum atomic E-state index is 13.8. The fourth-order valence-corrected chi connectivity index (χ4v) is 6.19. The number of imidazole rings is 1. The molecule has 2 fully saturated rings. The molecule has 1 atom stereocenters. The summed E-state index contributed by atoms with van der Waals surface area (Å²) >= 11 is 6.05. The van der Waals surface area contributed by atoms with Crippen molar-refractivity contribution in [3.8, 4) is 5.69 Å². The van der Waals surface area contributed by atoms with Crippen molar-refractivity contribution in [2.45, 2.75) is 64.1 Å². The van der Waals surface area contributed by atoms with Gasteiger partial charge in [-0.25, -0.2) is 9.78 Å². The van der Waals surface area contributed by atoms with Crippen LogP contribution in [0, 0.1) is 12.8 Å². The maximum absolute atomic E-state index is 13.8. The number of hydrogen-bond acceptors (Lipinski definition) is 6. The highest BCUT2D eigenvalue weighted by Gasteiger charge is 2.26. The molecule has 214 valence electrons. The van der Waals surface area contributed by atoms with E-state index in [9.17, 15) is 9.59 Å². The highest BCUT2D eigenvalue weighted by molar-refractivity contribution is 6.30. The second-order valence-electron chi connectivity index (χ2n) is 11.1. The number of halogens is 1. The second-order valence-corrected chi connectivity index (χ2v) is 11.5. The van der Waals surface area contributed by atoms with E-state index in [-0.39, 0.29) is 23.7 Å². The van der Waals surface area contributed by atoms with Crippen molar-refractivity contribution in [3.63, 3.8) is 0 Å². The molecule has 0 unspecified atom stereocenters. The fraction of sp³-hybridized carbons (Fsp3) is 0.419. The summed E-state index contributed by atoms with van der Waals surface area (Å²) in [6, 6.07) is 13.5. The van der Waals surface area contributed by atoms with Crippen LogP contribution in [-0.2, 0) is 11.3 Å². The zero-order chi connectivity index (χ0) is 28.3. The van der Waals surface area contributed by atoms with Crippen LogP contribution in [0.25, 0.3) is 16.7 Å². The predicted molar refractivity (Wildman–Crippen MR) is 160 cm³/mol. The molecule has 1 saturated heterocycles. The van der Waals surface area contributed by atoms with Crippen LogP contribution in [0.4, 0.5) is 5.82 Å². The van der Waals surface area contributed by atoms with Crippen LogP contribution in [0.15, 0.2) is 59.7 Å². The van der Waals surface area contributed by atoms with E-state index in [1.165, 1.54) is 0 Å². The SMILES string of the molecule is Cc1ncc(Cl)cc1C(=O)N[C@H]1CC[C@H](Cn2c(=O)n(-c3ccc(NC[C@H]4CCCO4)nc3)c3ccccc32)CC1. The van der Waals surface area contributed by atoms with Crippen molar-refractivity contribution in [3.05, 3.63) is 81.6 Å². The Morgan fingerprint density at radius 2 is 1.85 bits per heavy atom.